The third-order valence-electron chi connectivity index (χ3n) is 16.7. The van der Waals surface area contributed by atoms with Gasteiger partial charge in [0.15, 0.2) is 0 Å². The zero-order valence-corrected chi connectivity index (χ0v) is 52.8. The number of cyclic esters (lactones) is 2. The molecule has 0 aromatic heterocycles. The van der Waals surface area contributed by atoms with Crippen molar-refractivity contribution in [1.29, 1.82) is 0 Å². The minimum Gasteiger partial charge on any atom is -0.496 e. The molecule has 7 amide bonds. The van der Waals surface area contributed by atoms with E-state index in [4.69, 9.17) is 14.2 Å². The fraction of sp³-hybridized carbons (Fsp3) is 0.478. The van der Waals surface area contributed by atoms with Gasteiger partial charge in [-0.15, -0.1) is 0 Å². The van der Waals surface area contributed by atoms with Crippen LogP contribution in [0.4, 0.5) is 5.69 Å². The van der Waals surface area contributed by atoms with Crippen LogP contribution in [0.2, 0.25) is 0 Å². The van der Waals surface area contributed by atoms with Crippen molar-refractivity contribution < 1.29 is 62.2 Å². The van der Waals surface area contributed by atoms with Gasteiger partial charge in [-0.3, -0.25) is 38.4 Å². The number of carbonyl (C=O) groups is 10. The Balaban J connectivity index is 1.19. The van der Waals surface area contributed by atoms with Crippen LogP contribution in [-0.4, -0.2) is 150 Å². The number of ketones is 1. The molecule has 0 aliphatic carbocycles. The van der Waals surface area contributed by atoms with Gasteiger partial charge in [0.25, 0.3) is 5.91 Å². The molecule has 4 aromatic rings. The molecule has 3 aliphatic heterocycles. The average molecular weight is 1220 g/mol. The van der Waals surface area contributed by atoms with E-state index in [-0.39, 0.29) is 70.0 Å². The van der Waals surface area contributed by atoms with E-state index in [1.807, 2.05) is 70.2 Å². The van der Waals surface area contributed by atoms with E-state index in [2.05, 4.69) is 16.0 Å². The lowest BCUT2D eigenvalue weighted by Crippen LogP contribution is -2.58. The second-order valence-corrected chi connectivity index (χ2v) is 24.7. The van der Waals surface area contributed by atoms with Crippen molar-refractivity contribution in [1.82, 2.24) is 30.2 Å². The van der Waals surface area contributed by atoms with Gasteiger partial charge in [-0.05, 0) is 137 Å². The first-order valence-electron chi connectivity index (χ1n) is 30.9. The van der Waals surface area contributed by atoms with Gasteiger partial charge in [-0.2, -0.15) is 0 Å². The summed E-state index contributed by atoms with van der Waals surface area (Å²) in [5, 5.41) is 8.60. The van der Waals surface area contributed by atoms with Crippen LogP contribution in [0.5, 0.6) is 5.75 Å². The maximum absolute atomic E-state index is 15.0. The number of carbonyl (C=O) groups excluding carboxylic acids is 10. The highest BCUT2D eigenvalue weighted by Gasteiger charge is 2.44. The average Bonchev–Trinajstić information content (AvgIpc) is 3.03. The lowest BCUT2D eigenvalue weighted by molar-refractivity contribution is -0.165. The molecule has 3 heterocycles. The van der Waals surface area contributed by atoms with Gasteiger partial charge in [0, 0.05) is 64.8 Å². The minimum absolute atomic E-state index is 0.0244. The third-order valence-corrected chi connectivity index (χ3v) is 16.7. The number of anilines is 1. The summed E-state index contributed by atoms with van der Waals surface area (Å²) in [6.45, 7) is 10.7. The molecule has 2 fully saturated rings. The molecule has 1 unspecified atom stereocenters. The Morgan fingerprint density at radius 1 is 0.697 bits per heavy atom. The van der Waals surface area contributed by atoms with Crippen LogP contribution in [-0.2, 0) is 70.3 Å². The molecule has 0 radical (unpaired) electrons. The fourth-order valence-electron chi connectivity index (χ4n) is 11.5. The molecule has 20 heteroatoms. The number of benzene rings is 4. The summed E-state index contributed by atoms with van der Waals surface area (Å²) in [5.41, 5.74) is 3.31. The molecular weight excluding hydrogens is 1130 g/mol. The molecule has 89 heavy (non-hydrogen) atoms. The number of hydrogen-bond donors (Lipinski definition) is 3. The van der Waals surface area contributed by atoms with E-state index in [0.29, 0.717) is 61.1 Å². The summed E-state index contributed by atoms with van der Waals surface area (Å²) in [6.07, 6.45) is 4.52. The van der Waals surface area contributed by atoms with Gasteiger partial charge < -0.3 is 49.8 Å². The van der Waals surface area contributed by atoms with Crippen LogP contribution >= 0.6 is 0 Å². The maximum Gasteiger partial charge on any atom is 0.330 e. The topological polar surface area (TPSA) is 247 Å². The van der Waals surface area contributed by atoms with Crippen molar-refractivity contribution in [3.63, 3.8) is 0 Å². The Hall–Kier alpha value is -8.68. The standard InChI is InChI=1S/C69H87N7O13/c1-44(2)39-55-65(83)73(7)36-15-14-25-60(79)88-43-69(5,6)62(80)67(85)76-37-16-13-23-54(76)68(86)89-56(33-32-48-31-28-46(4)57(41-48)87-9)50-21-17-22-51(42-50)70-58(77)34-35-59(78)72-61(49-19-11-10-12-20-49)63(81)71-52(40-47-29-26-45(3)27-30-47)64(82)75-38-18-24-53(75)66(84)74(55)8/h10-12,14,17,19-22,25-31,41-42,44,52-56,61H,13,15-16,18,23-24,32-40,43H2,1-9H3,(H,70,77)(H,71,81)(H,72,78)/t52-,53-,54?,55-,56+,61-/m0/s1. The first-order chi connectivity index (χ1) is 42.4. The van der Waals surface area contributed by atoms with Gasteiger partial charge in [0.2, 0.25) is 41.2 Å². The van der Waals surface area contributed by atoms with Crippen LogP contribution in [0.3, 0.4) is 0 Å². The Labute approximate surface area is 522 Å². The zero-order chi connectivity index (χ0) is 64.5. The predicted molar refractivity (Wildman–Crippen MR) is 335 cm³/mol. The number of methoxy groups -OCH3 is 1. The summed E-state index contributed by atoms with van der Waals surface area (Å²) in [4.78, 5) is 148. The molecule has 3 aliphatic rings. The quantitative estimate of drug-likeness (QED) is 0.108. The van der Waals surface area contributed by atoms with Gasteiger partial charge >= 0.3 is 11.9 Å². The van der Waals surface area contributed by atoms with Crippen molar-refractivity contribution in [2.75, 3.05) is 52.8 Å². The first kappa shape index (κ1) is 67.8. The lowest BCUT2D eigenvalue weighted by Gasteiger charge is -2.36. The number of esters is 2. The molecule has 6 atom stereocenters. The number of aryl methyl sites for hydroxylation is 3. The first-order valence-corrected chi connectivity index (χ1v) is 30.9. The third kappa shape index (κ3) is 18.4. The second-order valence-electron chi connectivity index (χ2n) is 24.7. The van der Waals surface area contributed by atoms with E-state index in [1.54, 1.807) is 75.8 Å². The summed E-state index contributed by atoms with van der Waals surface area (Å²) in [5.74, 6) is -5.82. The lowest BCUT2D eigenvalue weighted by atomic mass is 9.87. The summed E-state index contributed by atoms with van der Waals surface area (Å²) in [7, 11) is 4.73. The van der Waals surface area contributed by atoms with Gasteiger partial charge in [-0.25, -0.2) is 9.59 Å². The predicted octanol–water partition coefficient (Wildman–Crippen LogP) is 7.63. The highest BCUT2D eigenvalue weighted by atomic mass is 16.5. The van der Waals surface area contributed by atoms with Crippen molar-refractivity contribution in [3.05, 3.63) is 143 Å². The van der Waals surface area contributed by atoms with E-state index in [1.165, 1.54) is 45.6 Å². The van der Waals surface area contributed by atoms with E-state index >= 15 is 4.79 Å². The normalized spacial score (nSPS) is 23.0. The molecule has 0 saturated carbocycles. The number of fused-ring (bicyclic) bond motifs is 4. The molecule has 2 bridgehead atoms. The highest BCUT2D eigenvalue weighted by Crippen LogP contribution is 2.32. The molecule has 3 N–H and O–H groups in total. The second kappa shape index (κ2) is 31.5. The van der Waals surface area contributed by atoms with Crippen molar-refractivity contribution in [2.45, 2.75) is 155 Å². The smallest absolute Gasteiger partial charge is 0.330 e. The Morgan fingerprint density at radius 3 is 2.10 bits per heavy atom. The number of ether oxygens (including phenoxy) is 3. The Morgan fingerprint density at radius 2 is 1.38 bits per heavy atom. The molecule has 0 spiro atoms. The van der Waals surface area contributed by atoms with Crippen molar-refractivity contribution in [2.24, 2.45) is 11.3 Å². The summed E-state index contributed by atoms with van der Waals surface area (Å²) < 4.78 is 17.4. The number of rotatable bonds is 9. The van der Waals surface area contributed by atoms with Gasteiger partial charge in [-0.1, -0.05) is 104 Å². The molecule has 476 valence electrons. The van der Waals surface area contributed by atoms with Crippen molar-refractivity contribution >= 4 is 64.8 Å². The highest BCUT2D eigenvalue weighted by molar-refractivity contribution is 6.38. The molecule has 2 saturated heterocycles. The van der Waals surface area contributed by atoms with Gasteiger partial charge in [0.1, 0.15) is 48.7 Å². The largest absolute Gasteiger partial charge is 0.496 e. The van der Waals surface area contributed by atoms with Crippen LogP contribution in [0.15, 0.2) is 109 Å². The van der Waals surface area contributed by atoms with Crippen LogP contribution in [0.25, 0.3) is 0 Å². The molecular formula is C69H87N7O13. The van der Waals surface area contributed by atoms with Crippen LogP contribution in [0.1, 0.15) is 137 Å². The Kier molecular flexibility index (Phi) is 24.0. The van der Waals surface area contributed by atoms with E-state index < -0.39 is 101 Å². The Bertz CT molecular complexity index is 3240. The van der Waals surface area contributed by atoms with Crippen LogP contribution in [0, 0.1) is 25.2 Å². The molecule has 7 rings (SSSR count). The maximum atomic E-state index is 15.0. The van der Waals surface area contributed by atoms with E-state index in [0.717, 1.165) is 22.3 Å². The summed E-state index contributed by atoms with van der Waals surface area (Å²) in [6, 6.07) is 23.0. The zero-order valence-electron chi connectivity index (χ0n) is 52.8. The summed E-state index contributed by atoms with van der Waals surface area (Å²) >= 11 is 0. The number of hydrogen-bond acceptors (Lipinski definition) is 13. The number of amides is 7. The molecule has 4 aromatic carbocycles. The number of likely N-dealkylation sites (N-methyl/N-ethyl adjacent to an activating group) is 2. The van der Waals surface area contributed by atoms with Crippen LogP contribution < -0.4 is 20.7 Å². The van der Waals surface area contributed by atoms with Crippen molar-refractivity contribution in [3.8, 4) is 5.75 Å². The SMILES string of the molecule is COc1cc(CC[C@H]2OC(=O)C3CCCCN3C(=O)C(=O)C(C)(C)COC(=O)C=CCCN(C)C(=O)[C@H](CC(C)C)N(C)C(=O)[C@@H]3CCCN3C(=O)[C@H](Cc3ccc(C)cc3)NC(=O)[C@H](c3ccccc3)NC(=O)CCC(=O)Nc3cccc2c3)ccc1C. The van der Waals surface area contributed by atoms with E-state index in [9.17, 15) is 43.2 Å². The monoisotopic (exact) mass is 1220 g/mol. The number of nitrogens with one attached hydrogen (secondary N) is 3. The van der Waals surface area contributed by atoms with Gasteiger partial charge in [0.05, 0.1) is 12.5 Å². The number of piperidine rings is 1. The number of nitrogens with zero attached hydrogens (tertiary/aromatic N) is 4. The molecule has 20 nitrogen and oxygen atoms in total. The minimum atomic E-state index is -1.50. The fourth-order valence-corrected chi connectivity index (χ4v) is 11.5. The number of Topliss-reactive ketones (excluding diaryl/α,β-unsaturated/α-hetero) is 1.